The van der Waals surface area contributed by atoms with E-state index < -0.39 is 0 Å². The summed E-state index contributed by atoms with van der Waals surface area (Å²) >= 11 is 9.34. The molecule has 3 aromatic rings. The van der Waals surface area contributed by atoms with E-state index >= 15 is 0 Å². The number of aromatic nitrogens is 3. The first kappa shape index (κ1) is 20.3. The molecular formula is C21H23BrN4O2S. The summed E-state index contributed by atoms with van der Waals surface area (Å²) in [5.74, 6) is 1.66. The number of nitrogens with zero attached hydrogens (tertiary/aromatic N) is 4. The van der Waals surface area contributed by atoms with E-state index in [4.69, 9.17) is 26.8 Å². The Morgan fingerprint density at radius 1 is 1.07 bits per heavy atom. The van der Waals surface area contributed by atoms with Crippen molar-refractivity contribution in [1.29, 1.82) is 0 Å². The maximum Gasteiger partial charge on any atom is 0.204 e. The standard InChI is InChI=1S/C21H23BrN4O2S/c1-2-28-19-9-7-18(8-10-19)26-20(16-3-5-17(22)6-4-16)23-25(21(26)29)15-24-11-13-27-14-12-24/h3-10H,2,11-15H2,1H3. The van der Waals surface area contributed by atoms with Crippen molar-refractivity contribution in [3.63, 3.8) is 0 Å². The fraction of sp³-hybridized carbons (Fsp3) is 0.333. The van der Waals surface area contributed by atoms with Crippen molar-refractivity contribution in [2.45, 2.75) is 13.6 Å². The van der Waals surface area contributed by atoms with Gasteiger partial charge in [-0.25, -0.2) is 4.68 Å². The van der Waals surface area contributed by atoms with E-state index in [0.717, 1.165) is 53.6 Å². The number of rotatable bonds is 6. The van der Waals surface area contributed by atoms with Crippen LogP contribution in [0.15, 0.2) is 53.0 Å². The average Bonchev–Trinajstić information content (AvgIpc) is 3.06. The second-order valence-electron chi connectivity index (χ2n) is 6.75. The first-order chi connectivity index (χ1) is 14.2. The first-order valence-electron chi connectivity index (χ1n) is 9.65. The Labute approximate surface area is 183 Å². The Bertz CT molecular complexity index is 1010. The van der Waals surface area contributed by atoms with Gasteiger partial charge in [0.2, 0.25) is 4.77 Å². The van der Waals surface area contributed by atoms with Gasteiger partial charge in [0, 0.05) is 23.1 Å². The van der Waals surface area contributed by atoms with E-state index in [1.807, 2.05) is 64.7 Å². The summed E-state index contributed by atoms with van der Waals surface area (Å²) in [4.78, 5) is 2.31. The number of benzene rings is 2. The SMILES string of the molecule is CCOc1ccc(-n2c(-c3ccc(Br)cc3)nn(CN3CCOCC3)c2=S)cc1. The van der Waals surface area contributed by atoms with Crippen LogP contribution in [0.4, 0.5) is 0 Å². The Morgan fingerprint density at radius 3 is 2.41 bits per heavy atom. The Balaban J connectivity index is 1.76. The maximum atomic E-state index is 5.84. The minimum absolute atomic E-state index is 0.639. The molecule has 2 heterocycles. The van der Waals surface area contributed by atoms with Crippen molar-refractivity contribution < 1.29 is 9.47 Å². The fourth-order valence-electron chi connectivity index (χ4n) is 3.31. The van der Waals surface area contributed by atoms with Gasteiger partial charge in [0.25, 0.3) is 0 Å². The molecule has 1 aliphatic heterocycles. The van der Waals surface area contributed by atoms with Crippen LogP contribution in [0.3, 0.4) is 0 Å². The third kappa shape index (κ3) is 4.61. The number of halogens is 1. The van der Waals surface area contributed by atoms with Crippen LogP contribution in [0.2, 0.25) is 0 Å². The van der Waals surface area contributed by atoms with Crippen LogP contribution in [-0.2, 0) is 11.4 Å². The van der Waals surface area contributed by atoms with Gasteiger partial charge in [-0.15, -0.1) is 5.10 Å². The Morgan fingerprint density at radius 2 is 1.76 bits per heavy atom. The highest BCUT2D eigenvalue weighted by atomic mass is 79.9. The van der Waals surface area contributed by atoms with Crippen molar-refractivity contribution in [3.8, 4) is 22.8 Å². The van der Waals surface area contributed by atoms with Gasteiger partial charge < -0.3 is 9.47 Å². The van der Waals surface area contributed by atoms with E-state index in [1.165, 1.54) is 0 Å². The van der Waals surface area contributed by atoms with E-state index in [2.05, 4.69) is 20.8 Å². The average molecular weight is 475 g/mol. The summed E-state index contributed by atoms with van der Waals surface area (Å²) in [6, 6.07) is 16.1. The van der Waals surface area contributed by atoms with E-state index in [0.29, 0.717) is 18.0 Å². The molecule has 29 heavy (non-hydrogen) atoms. The van der Waals surface area contributed by atoms with Crippen LogP contribution < -0.4 is 4.74 Å². The molecule has 6 nitrogen and oxygen atoms in total. The second-order valence-corrected chi connectivity index (χ2v) is 8.03. The highest BCUT2D eigenvalue weighted by molar-refractivity contribution is 9.10. The van der Waals surface area contributed by atoms with Crippen LogP contribution in [0.1, 0.15) is 6.92 Å². The van der Waals surface area contributed by atoms with Gasteiger partial charge in [0.15, 0.2) is 5.82 Å². The van der Waals surface area contributed by atoms with Crippen LogP contribution in [-0.4, -0.2) is 52.2 Å². The van der Waals surface area contributed by atoms with Crippen molar-refractivity contribution in [1.82, 2.24) is 19.2 Å². The molecule has 152 valence electrons. The van der Waals surface area contributed by atoms with Crippen molar-refractivity contribution in [3.05, 3.63) is 57.8 Å². The molecule has 0 atom stereocenters. The van der Waals surface area contributed by atoms with E-state index in [1.54, 1.807) is 0 Å². The lowest BCUT2D eigenvalue weighted by Gasteiger charge is -2.26. The van der Waals surface area contributed by atoms with Crippen LogP contribution in [0, 0.1) is 4.77 Å². The molecule has 0 saturated carbocycles. The molecular weight excluding hydrogens is 452 g/mol. The van der Waals surface area contributed by atoms with Gasteiger partial charge in [-0.3, -0.25) is 9.47 Å². The van der Waals surface area contributed by atoms with Crippen LogP contribution in [0.25, 0.3) is 17.1 Å². The summed E-state index contributed by atoms with van der Waals surface area (Å²) in [5, 5.41) is 4.89. The number of hydrogen-bond acceptors (Lipinski definition) is 5. The quantitative estimate of drug-likeness (QED) is 0.491. The number of hydrogen-bond donors (Lipinski definition) is 0. The van der Waals surface area contributed by atoms with Gasteiger partial charge in [-0.1, -0.05) is 28.1 Å². The molecule has 1 fully saturated rings. The zero-order valence-corrected chi connectivity index (χ0v) is 18.7. The van der Waals surface area contributed by atoms with Crippen molar-refractivity contribution in [2.24, 2.45) is 0 Å². The summed E-state index contributed by atoms with van der Waals surface area (Å²) in [5.41, 5.74) is 1.97. The molecule has 1 aromatic heterocycles. The zero-order chi connectivity index (χ0) is 20.2. The maximum absolute atomic E-state index is 5.84. The molecule has 0 spiro atoms. The molecule has 8 heteroatoms. The molecule has 0 radical (unpaired) electrons. The smallest absolute Gasteiger partial charge is 0.204 e. The third-order valence-corrected chi connectivity index (χ3v) is 5.71. The Hall–Kier alpha value is -2.00. The predicted molar refractivity (Wildman–Crippen MR) is 119 cm³/mol. The Kier molecular flexibility index (Phi) is 6.44. The summed E-state index contributed by atoms with van der Waals surface area (Å²) in [7, 11) is 0. The second kappa shape index (κ2) is 9.21. The lowest BCUT2D eigenvalue weighted by Crippen LogP contribution is -2.37. The molecule has 1 saturated heterocycles. The van der Waals surface area contributed by atoms with E-state index in [9.17, 15) is 0 Å². The molecule has 0 N–H and O–H groups in total. The van der Waals surface area contributed by atoms with Gasteiger partial charge in [0.1, 0.15) is 5.75 Å². The number of ether oxygens (including phenoxy) is 2. The summed E-state index contributed by atoms with van der Waals surface area (Å²) in [6.45, 7) is 6.51. The lowest BCUT2D eigenvalue weighted by atomic mass is 10.2. The monoisotopic (exact) mass is 474 g/mol. The van der Waals surface area contributed by atoms with Gasteiger partial charge in [-0.2, -0.15) is 0 Å². The van der Waals surface area contributed by atoms with Gasteiger partial charge >= 0.3 is 0 Å². The minimum atomic E-state index is 0.639. The highest BCUT2D eigenvalue weighted by Gasteiger charge is 2.18. The highest BCUT2D eigenvalue weighted by Crippen LogP contribution is 2.26. The summed E-state index contributed by atoms with van der Waals surface area (Å²) in [6.07, 6.45) is 0. The van der Waals surface area contributed by atoms with Crippen LogP contribution >= 0.6 is 28.1 Å². The molecule has 0 bridgehead atoms. The largest absolute Gasteiger partial charge is 0.494 e. The van der Waals surface area contributed by atoms with Gasteiger partial charge in [-0.05, 0) is 55.5 Å². The molecule has 4 rings (SSSR count). The lowest BCUT2D eigenvalue weighted by molar-refractivity contribution is 0.0210. The van der Waals surface area contributed by atoms with Crippen molar-refractivity contribution >= 4 is 28.1 Å². The fourth-order valence-corrected chi connectivity index (χ4v) is 3.86. The first-order valence-corrected chi connectivity index (χ1v) is 10.8. The normalized spacial score (nSPS) is 14.8. The number of morpholine rings is 1. The summed E-state index contributed by atoms with van der Waals surface area (Å²) < 4.78 is 16.7. The third-order valence-electron chi connectivity index (χ3n) is 4.79. The van der Waals surface area contributed by atoms with E-state index in [-0.39, 0.29) is 0 Å². The van der Waals surface area contributed by atoms with Gasteiger partial charge in [0.05, 0.1) is 32.2 Å². The van der Waals surface area contributed by atoms with Crippen molar-refractivity contribution in [2.75, 3.05) is 32.9 Å². The molecule has 2 aromatic carbocycles. The van der Waals surface area contributed by atoms with Crippen LogP contribution in [0.5, 0.6) is 5.75 Å². The zero-order valence-electron chi connectivity index (χ0n) is 16.3. The predicted octanol–water partition coefficient (Wildman–Crippen LogP) is 4.52. The molecule has 0 aliphatic carbocycles. The topological polar surface area (TPSA) is 44.5 Å². The molecule has 0 unspecified atom stereocenters. The molecule has 0 amide bonds. The minimum Gasteiger partial charge on any atom is -0.494 e. The molecule has 1 aliphatic rings.